The number of amides is 2. The molecule has 1 heterocycles. The zero-order valence-corrected chi connectivity index (χ0v) is 13.3. The molecule has 6 heteroatoms. The van der Waals surface area contributed by atoms with Gasteiger partial charge >= 0.3 is 0 Å². The predicted octanol–water partition coefficient (Wildman–Crippen LogP) is 2.88. The van der Waals surface area contributed by atoms with E-state index in [4.69, 9.17) is 16.3 Å². The van der Waals surface area contributed by atoms with Gasteiger partial charge in [0.1, 0.15) is 5.75 Å². The largest absolute Gasteiger partial charge is 0.482 e. The van der Waals surface area contributed by atoms with Gasteiger partial charge in [0.15, 0.2) is 6.61 Å². The maximum Gasteiger partial charge on any atom is 0.264 e. The molecule has 0 fully saturated rings. The lowest BCUT2D eigenvalue weighted by atomic mass is 10.1. The molecule has 0 saturated carbocycles. The number of nitrogens with one attached hydrogen (secondary N) is 1. The van der Waals surface area contributed by atoms with Crippen molar-refractivity contribution in [1.29, 1.82) is 0 Å². The topological polar surface area (TPSA) is 58.6 Å². The van der Waals surface area contributed by atoms with E-state index in [1.54, 1.807) is 43.4 Å². The van der Waals surface area contributed by atoms with Gasteiger partial charge in [0.25, 0.3) is 5.91 Å². The number of nitrogens with zero attached hydrogens (tertiary/aromatic N) is 1. The van der Waals surface area contributed by atoms with Gasteiger partial charge in [-0.05, 0) is 29.8 Å². The summed E-state index contributed by atoms with van der Waals surface area (Å²) >= 11 is 6.03. The maximum absolute atomic E-state index is 12.2. The molecule has 0 unspecified atom stereocenters. The number of anilines is 2. The van der Waals surface area contributed by atoms with E-state index in [2.05, 4.69) is 5.32 Å². The monoisotopic (exact) mass is 330 g/mol. The minimum Gasteiger partial charge on any atom is -0.482 e. The number of para-hydroxylation sites is 1. The Kier molecular flexibility index (Phi) is 4.21. The first-order valence-electron chi connectivity index (χ1n) is 7.11. The number of benzene rings is 2. The van der Waals surface area contributed by atoms with Crippen LogP contribution in [0.15, 0.2) is 42.5 Å². The Morgan fingerprint density at radius 3 is 2.87 bits per heavy atom. The second kappa shape index (κ2) is 6.30. The molecule has 0 aromatic heterocycles. The van der Waals surface area contributed by atoms with Crippen molar-refractivity contribution in [2.24, 2.45) is 0 Å². The van der Waals surface area contributed by atoms with Crippen LogP contribution in [0, 0.1) is 0 Å². The van der Waals surface area contributed by atoms with E-state index in [0.29, 0.717) is 22.1 Å². The molecule has 0 saturated heterocycles. The zero-order chi connectivity index (χ0) is 16.4. The number of halogens is 1. The highest BCUT2D eigenvalue weighted by Gasteiger charge is 2.22. The van der Waals surface area contributed by atoms with Crippen molar-refractivity contribution in [1.82, 2.24) is 0 Å². The molecule has 0 bridgehead atoms. The minimum absolute atomic E-state index is 0.0375. The van der Waals surface area contributed by atoms with E-state index in [1.165, 1.54) is 4.90 Å². The van der Waals surface area contributed by atoms with Crippen LogP contribution in [-0.2, 0) is 16.0 Å². The lowest BCUT2D eigenvalue weighted by molar-refractivity contribution is -0.121. The summed E-state index contributed by atoms with van der Waals surface area (Å²) in [6, 6.07) is 12.4. The van der Waals surface area contributed by atoms with Gasteiger partial charge in [-0.1, -0.05) is 29.8 Å². The fourth-order valence-electron chi connectivity index (χ4n) is 2.37. The van der Waals surface area contributed by atoms with Crippen LogP contribution in [-0.4, -0.2) is 25.5 Å². The number of rotatable bonds is 3. The van der Waals surface area contributed by atoms with Gasteiger partial charge in [-0.2, -0.15) is 0 Å². The number of hydrogen-bond donors (Lipinski definition) is 1. The SMILES string of the molecule is CN1C(=O)COc2ccc(CC(=O)Nc3ccccc3Cl)cc21. The fraction of sp³-hybridized carbons (Fsp3) is 0.176. The summed E-state index contributed by atoms with van der Waals surface area (Å²) in [6.45, 7) is 0.0375. The van der Waals surface area contributed by atoms with Gasteiger partial charge in [-0.15, -0.1) is 0 Å². The second-order valence-electron chi connectivity index (χ2n) is 5.25. The van der Waals surface area contributed by atoms with Crippen LogP contribution < -0.4 is 15.0 Å². The number of carbonyl (C=O) groups excluding carboxylic acids is 2. The summed E-state index contributed by atoms with van der Waals surface area (Å²) in [5, 5.41) is 3.27. The smallest absolute Gasteiger partial charge is 0.264 e. The molecule has 1 aliphatic heterocycles. The second-order valence-corrected chi connectivity index (χ2v) is 5.66. The third-order valence-corrected chi connectivity index (χ3v) is 3.95. The number of carbonyl (C=O) groups is 2. The van der Waals surface area contributed by atoms with E-state index in [-0.39, 0.29) is 24.8 Å². The van der Waals surface area contributed by atoms with Crippen LogP contribution >= 0.6 is 11.6 Å². The summed E-state index contributed by atoms with van der Waals surface area (Å²) in [4.78, 5) is 25.4. The molecule has 0 radical (unpaired) electrons. The molecule has 2 aromatic rings. The van der Waals surface area contributed by atoms with E-state index in [1.807, 2.05) is 6.07 Å². The summed E-state index contributed by atoms with van der Waals surface area (Å²) < 4.78 is 5.37. The molecule has 0 aliphatic carbocycles. The molecule has 0 spiro atoms. The predicted molar refractivity (Wildman–Crippen MR) is 89.1 cm³/mol. The Balaban J connectivity index is 1.75. The molecule has 2 amide bonds. The first-order chi connectivity index (χ1) is 11.0. The number of hydrogen-bond acceptors (Lipinski definition) is 3. The Labute approximate surface area is 138 Å². The van der Waals surface area contributed by atoms with Crippen molar-refractivity contribution in [2.45, 2.75) is 6.42 Å². The van der Waals surface area contributed by atoms with Crippen molar-refractivity contribution in [3.63, 3.8) is 0 Å². The van der Waals surface area contributed by atoms with Crippen LogP contribution in [0.2, 0.25) is 5.02 Å². The Morgan fingerprint density at radius 2 is 2.09 bits per heavy atom. The van der Waals surface area contributed by atoms with Gasteiger partial charge in [-0.25, -0.2) is 0 Å². The lowest BCUT2D eigenvalue weighted by Gasteiger charge is -2.26. The van der Waals surface area contributed by atoms with Crippen LogP contribution in [0.1, 0.15) is 5.56 Å². The highest BCUT2D eigenvalue weighted by atomic mass is 35.5. The molecule has 2 aromatic carbocycles. The summed E-state index contributed by atoms with van der Waals surface area (Å²) in [5.74, 6) is 0.348. The van der Waals surface area contributed by atoms with Crippen molar-refractivity contribution in [2.75, 3.05) is 23.9 Å². The normalized spacial score (nSPS) is 13.3. The van der Waals surface area contributed by atoms with Gasteiger partial charge < -0.3 is 15.0 Å². The molecule has 0 atom stereocenters. The van der Waals surface area contributed by atoms with Gasteiger partial charge in [-0.3, -0.25) is 9.59 Å². The summed E-state index contributed by atoms with van der Waals surface area (Å²) in [7, 11) is 1.69. The molecule has 118 valence electrons. The van der Waals surface area contributed by atoms with Gasteiger partial charge in [0, 0.05) is 7.05 Å². The van der Waals surface area contributed by atoms with Gasteiger partial charge in [0.05, 0.1) is 22.8 Å². The third kappa shape index (κ3) is 3.29. The molecule has 23 heavy (non-hydrogen) atoms. The zero-order valence-electron chi connectivity index (χ0n) is 12.5. The molecule has 5 nitrogen and oxygen atoms in total. The third-order valence-electron chi connectivity index (χ3n) is 3.62. The Morgan fingerprint density at radius 1 is 1.30 bits per heavy atom. The lowest BCUT2D eigenvalue weighted by Crippen LogP contribution is -2.35. The fourth-order valence-corrected chi connectivity index (χ4v) is 2.55. The van der Waals surface area contributed by atoms with E-state index in [9.17, 15) is 9.59 Å². The number of ether oxygens (including phenoxy) is 1. The average Bonchev–Trinajstić information content (AvgIpc) is 2.54. The molecule has 3 rings (SSSR count). The van der Waals surface area contributed by atoms with Crippen LogP contribution in [0.3, 0.4) is 0 Å². The Bertz CT molecular complexity index is 776. The quantitative estimate of drug-likeness (QED) is 0.941. The maximum atomic E-state index is 12.2. The average molecular weight is 331 g/mol. The van der Waals surface area contributed by atoms with E-state index >= 15 is 0 Å². The number of fused-ring (bicyclic) bond motifs is 1. The van der Waals surface area contributed by atoms with E-state index < -0.39 is 0 Å². The van der Waals surface area contributed by atoms with Crippen LogP contribution in [0.4, 0.5) is 11.4 Å². The van der Waals surface area contributed by atoms with Crippen LogP contribution in [0.5, 0.6) is 5.75 Å². The highest BCUT2D eigenvalue weighted by Crippen LogP contribution is 2.32. The molecule has 1 aliphatic rings. The number of likely N-dealkylation sites (N-methyl/N-ethyl adjacent to an activating group) is 1. The van der Waals surface area contributed by atoms with Crippen molar-refractivity contribution in [3.8, 4) is 5.75 Å². The first-order valence-corrected chi connectivity index (χ1v) is 7.49. The van der Waals surface area contributed by atoms with Crippen molar-refractivity contribution in [3.05, 3.63) is 53.1 Å². The standard InChI is InChI=1S/C17H15ClN2O3/c1-20-14-8-11(6-7-15(14)23-10-17(20)22)9-16(21)19-13-5-3-2-4-12(13)18/h2-8H,9-10H2,1H3,(H,19,21). The highest BCUT2D eigenvalue weighted by molar-refractivity contribution is 6.33. The summed E-state index contributed by atoms with van der Waals surface area (Å²) in [6.07, 6.45) is 0.181. The Hall–Kier alpha value is -2.53. The van der Waals surface area contributed by atoms with Crippen LogP contribution in [0.25, 0.3) is 0 Å². The van der Waals surface area contributed by atoms with Crippen molar-refractivity contribution >= 4 is 34.8 Å². The minimum atomic E-state index is -0.177. The molecule has 1 N–H and O–H groups in total. The van der Waals surface area contributed by atoms with Crippen molar-refractivity contribution < 1.29 is 14.3 Å². The first kappa shape index (κ1) is 15.4. The van der Waals surface area contributed by atoms with E-state index in [0.717, 1.165) is 5.56 Å². The van der Waals surface area contributed by atoms with Gasteiger partial charge in [0.2, 0.25) is 5.91 Å². The molecular weight excluding hydrogens is 316 g/mol. The summed E-state index contributed by atoms with van der Waals surface area (Å²) in [5.41, 5.74) is 2.04. The molecular formula is C17H15ClN2O3.